The number of phenolic OH excluding ortho intramolecular Hbond substituents is 1. The predicted molar refractivity (Wildman–Crippen MR) is 235 cm³/mol. The molecule has 1 saturated carbocycles. The molecule has 5 aromatic rings. The van der Waals surface area contributed by atoms with E-state index in [9.17, 15) is 9.90 Å². The molecule has 0 aromatic heterocycles. The molecule has 1 saturated heterocycles. The van der Waals surface area contributed by atoms with Crippen LogP contribution >= 0.6 is 0 Å². The summed E-state index contributed by atoms with van der Waals surface area (Å²) in [4.78, 5) is 61.6. The number of fused-ring (bicyclic) bond motifs is 4. The summed E-state index contributed by atoms with van der Waals surface area (Å²) in [5, 5.41) is 10.8. The Kier molecular flexibility index (Phi) is 10.4. The lowest BCUT2D eigenvalue weighted by Gasteiger charge is -2.55. The van der Waals surface area contributed by atoms with Crippen LogP contribution in [0, 0.1) is 23.7 Å². The summed E-state index contributed by atoms with van der Waals surface area (Å²) in [6.45, 7) is 0. The number of nitrogens with zero attached hydrogens (tertiary/aromatic N) is 1. The number of hydrogen-bond donors (Lipinski definition) is 1. The van der Waals surface area contributed by atoms with Gasteiger partial charge >= 0.3 is 0 Å². The van der Waals surface area contributed by atoms with Gasteiger partial charge in [0, 0.05) is 40.7 Å². The van der Waals surface area contributed by atoms with Crippen LogP contribution in [0.5, 0.6) is 28.7 Å². The summed E-state index contributed by atoms with van der Waals surface area (Å²) in [5.41, 5.74) is 3.36. The van der Waals surface area contributed by atoms with Crippen LogP contribution in [-0.4, -0.2) is 56.9 Å². The zero-order valence-corrected chi connectivity index (χ0v) is 34.7. The Morgan fingerprint density at radius 2 is 1.35 bits per heavy atom. The van der Waals surface area contributed by atoms with Crippen molar-refractivity contribution in [3.63, 3.8) is 0 Å². The van der Waals surface area contributed by atoms with Crippen LogP contribution in [0.2, 0.25) is 0 Å². The molecule has 9 rings (SSSR count). The average molecular weight is 828 g/mol. The van der Waals surface area contributed by atoms with Crippen LogP contribution < -0.4 is 23.8 Å². The number of carbonyl (C=O) groups is 4. The van der Waals surface area contributed by atoms with Crippen molar-refractivity contribution in [3.8, 4) is 28.7 Å². The lowest BCUT2D eigenvalue weighted by molar-refractivity contribution is -0.135. The minimum atomic E-state index is -1.51. The molecule has 1 aliphatic heterocycles. The number of ketones is 2. The molecule has 6 atom stereocenters. The quantitative estimate of drug-likeness (QED) is 0.0836. The SMILES string of the molecule is COc1ccc(OC)c(C=Cc2ccc(N3C(=O)C4CC=C5C(CC6C(=O)C(c7ccccc7)=CC(=O)C6(c6ccccc6)C5c5c(OC)cc(O)cc5OC)C4C3=O)cc2)c1. The number of amides is 2. The fourth-order valence-electron chi connectivity index (χ4n) is 10.5. The second-order valence-corrected chi connectivity index (χ2v) is 16.1. The van der Waals surface area contributed by atoms with E-state index in [1.807, 2.05) is 109 Å². The van der Waals surface area contributed by atoms with Gasteiger partial charge in [-0.3, -0.25) is 24.1 Å². The summed E-state index contributed by atoms with van der Waals surface area (Å²) in [6.07, 6.45) is 7.67. The van der Waals surface area contributed by atoms with E-state index < -0.39 is 35.0 Å². The molecule has 1 heterocycles. The first kappa shape index (κ1) is 40.2. The van der Waals surface area contributed by atoms with Crippen molar-refractivity contribution in [2.24, 2.45) is 23.7 Å². The Hall–Kier alpha value is -7.20. The fraction of sp³-hybridized carbons (Fsp3) is 0.231. The highest BCUT2D eigenvalue weighted by molar-refractivity contribution is 6.32. The standard InChI is InChI=1S/C52H45NO9/c1-59-36-21-24-42(60-2)32(25-36)18-15-30-16-19-34(20-17-30)53-50(57)38-23-22-37-40(46(38)51(53)58)28-41-49(56)39(31-11-7-5-8-12-31)29-45(55)52(41,33-13-9-6-10-14-33)48(37)47-43(61-3)26-35(54)27-44(47)62-4/h5-22,24-27,29,38,40-41,46,48,54H,23,28H2,1-4H3. The summed E-state index contributed by atoms with van der Waals surface area (Å²) in [7, 11) is 6.16. The monoisotopic (exact) mass is 827 g/mol. The number of rotatable bonds is 10. The van der Waals surface area contributed by atoms with Crippen LogP contribution in [0.1, 0.15) is 46.6 Å². The van der Waals surface area contributed by atoms with Crippen LogP contribution in [0.4, 0.5) is 5.69 Å². The predicted octanol–water partition coefficient (Wildman–Crippen LogP) is 8.63. The van der Waals surface area contributed by atoms with Crippen molar-refractivity contribution in [1.82, 2.24) is 0 Å². The third-order valence-corrected chi connectivity index (χ3v) is 13.2. The summed E-state index contributed by atoms with van der Waals surface area (Å²) >= 11 is 0. The first-order valence-electron chi connectivity index (χ1n) is 20.6. The van der Waals surface area contributed by atoms with Crippen molar-refractivity contribution >= 4 is 46.8 Å². The summed E-state index contributed by atoms with van der Waals surface area (Å²) in [5.74, 6) is -3.36. The van der Waals surface area contributed by atoms with E-state index in [2.05, 4.69) is 0 Å². The Morgan fingerprint density at radius 3 is 2.00 bits per heavy atom. The van der Waals surface area contributed by atoms with E-state index in [1.165, 1.54) is 37.3 Å². The van der Waals surface area contributed by atoms with Gasteiger partial charge in [-0.25, -0.2) is 0 Å². The number of allylic oxidation sites excluding steroid dienone is 4. The molecule has 1 N–H and O–H groups in total. The van der Waals surface area contributed by atoms with Gasteiger partial charge in [-0.2, -0.15) is 0 Å². The maximum Gasteiger partial charge on any atom is 0.238 e. The van der Waals surface area contributed by atoms with E-state index >= 15 is 14.4 Å². The Bertz CT molecular complexity index is 2680. The molecule has 10 heteroatoms. The lowest BCUT2D eigenvalue weighted by atomic mass is 9.44. The molecule has 5 aromatic carbocycles. The van der Waals surface area contributed by atoms with E-state index in [0.29, 0.717) is 39.4 Å². The highest BCUT2D eigenvalue weighted by atomic mass is 16.5. The molecule has 312 valence electrons. The summed E-state index contributed by atoms with van der Waals surface area (Å²) < 4.78 is 22.8. The molecule has 0 spiro atoms. The number of anilines is 1. The van der Waals surface area contributed by atoms with Gasteiger partial charge in [0.15, 0.2) is 11.6 Å². The number of Topliss-reactive ketones (excluding diaryl/α,β-unsaturated/α-hetero) is 1. The zero-order valence-electron chi connectivity index (χ0n) is 34.7. The number of imide groups is 1. The Labute approximate surface area is 359 Å². The van der Waals surface area contributed by atoms with Crippen LogP contribution in [0.15, 0.2) is 133 Å². The molecule has 2 fully saturated rings. The lowest BCUT2D eigenvalue weighted by Crippen LogP contribution is -2.59. The van der Waals surface area contributed by atoms with Gasteiger partial charge in [0.25, 0.3) is 0 Å². The number of hydrogen-bond acceptors (Lipinski definition) is 9. The molecule has 2 amide bonds. The third kappa shape index (κ3) is 6.31. The largest absolute Gasteiger partial charge is 0.508 e. The fourth-order valence-corrected chi connectivity index (χ4v) is 10.5. The average Bonchev–Trinajstić information content (AvgIpc) is 3.57. The number of phenols is 1. The maximum atomic E-state index is 15.5. The molecule has 0 radical (unpaired) electrons. The summed E-state index contributed by atoms with van der Waals surface area (Å²) in [6, 6.07) is 34.1. The molecular formula is C52H45NO9. The van der Waals surface area contributed by atoms with E-state index in [0.717, 1.165) is 16.7 Å². The first-order valence-corrected chi connectivity index (χ1v) is 20.6. The number of ether oxygens (including phenoxy) is 4. The Balaban J connectivity index is 1.16. The van der Waals surface area contributed by atoms with Crippen molar-refractivity contribution < 1.29 is 43.2 Å². The minimum absolute atomic E-state index is 0.108. The first-order chi connectivity index (χ1) is 30.1. The van der Waals surface area contributed by atoms with Crippen molar-refractivity contribution in [2.45, 2.75) is 24.2 Å². The Morgan fingerprint density at radius 1 is 0.694 bits per heavy atom. The van der Waals surface area contributed by atoms with E-state index in [1.54, 1.807) is 26.4 Å². The van der Waals surface area contributed by atoms with Crippen molar-refractivity contribution in [3.05, 3.63) is 161 Å². The molecule has 6 unspecified atom stereocenters. The van der Waals surface area contributed by atoms with Crippen molar-refractivity contribution in [1.29, 1.82) is 0 Å². The molecule has 0 bridgehead atoms. The van der Waals surface area contributed by atoms with Gasteiger partial charge in [0.1, 0.15) is 28.7 Å². The molecule has 10 nitrogen and oxygen atoms in total. The normalized spacial score (nSPS) is 24.2. The second kappa shape index (κ2) is 16.0. The van der Waals surface area contributed by atoms with Gasteiger partial charge in [0.2, 0.25) is 11.8 Å². The zero-order chi connectivity index (χ0) is 43.3. The van der Waals surface area contributed by atoms with Gasteiger partial charge < -0.3 is 24.1 Å². The van der Waals surface area contributed by atoms with Gasteiger partial charge in [-0.15, -0.1) is 0 Å². The molecule has 3 aliphatic carbocycles. The van der Waals surface area contributed by atoms with Gasteiger partial charge in [-0.1, -0.05) is 96.6 Å². The maximum absolute atomic E-state index is 15.5. The minimum Gasteiger partial charge on any atom is -0.508 e. The number of benzene rings is 5. The number of methoxy groups -OCH3 is 4. The van der Waals surface area contributed by atoms with Crippen LogP contribution in [0.3, 0.4) is 0 Å². The van der Waals surface area contributed by atoms with Crippen molar-refractivity contribution in [2.75, 3.05) is 33.3 Å². The third-order valence-electron chi connectivity index (χ3n) is 13.2. The van der Waals surface area contributed by atoms with E-state index in [4.69, 9.17) is 18.9 Å². The molecule has 4 aliphatic rings. The molecule has 62 heavy (non-hydrogen) atoms. The second-order valence-electron chi connectivity index (χ2n) is 16.1. The van der Waals surface area contributed by atoms with Crippen LogP contribution in [0.25, 0.3) is 17.7 Å². The van der Waals surface area contributed by atoms with Gasteiger partial charge in [0.05, 0.1) is 51.4 Å². The number of carbonyl (C=O) groups excluding carboxylic acids is 4. The van der Waals surface area contributed by atoms with Gasteiger partial charge in [-0.05, 0) is 71.9 Å². The highest BCUT2D eigenvalue weighted by Gasteiger charge is 2.66. The topological polar surface area (TPSA) is 129 Å². The highest BCUT2D eigenvalue weighted by Crippen LogP contribution is 2.66. The molecular weight excluding hydrogens is 783 g/mol. The smallest absolute Gasteiger partial charge is 0.238 e. The van der Waals surface area contributed by atoms with Crippen LogP contribution in [-0.2, 0) is 24.6 Å². The number of aromatic hydroxyl groups is 1. The van der Waals surface area contributed by atoms with E-state index in [-0.39, 0.29) is 53.5 Å².